The van der Waals surface area contributed by atoms with Gasteiger partial charge in [-0.15, -0.1) is 0 Å². The van der Waals surface area contributed by atoms with Crippen molar-refractivity contribution in [3.05, 3.63) is 0 Å². The number of nitrogens with one attached hydrogen (secondary N) is 1. The van der Waals surface area contributed by atoms with Crippen LogP contribution in [0.5, 0.6) is 0 Å². The fraction of sp³-hybridized carbons (Fsp3) is 0.933. The number of amidine groups is 1. The first-order valence-electron chi connectivity index (χ1n) is 7.75. The molecule has 0 bridgehead atoms. The van der Waals surface area contributed by atoms with Crippen molar-refractivity contribution in [3.63, 3.8) is 0 Å². The number of fused-ring (bicyclic) bond motifs is 1. The molecule has 3 rings (SSSR count). The molecular formula is C15H26N2S. The maximum Gasteiger partial charge on any atom is 0.156 e. The van der Waals surface area contributed by atoms with Crippen LogP contribution >= 0.6 is 11.8 Å². The molecule has 0 spiro atoms. The molecule has 0 aromatic heterocycles. The Kier molecular flexibility index (Phi) is 3.88. The molecule has 2 nitrogen and oxygen atoms in total. The summed E-state index contributed by atoms with van der Waals surface area (Å²) in [6.07, 6.45) is 11.2. The van der Waals surface area contributed by atoms with Gasteiger partial charge in [0.05, 0.1) is 0 Å². The molecule has 1 N–H and O–H groups in total. The highest BCUT2D eigenvalue weighted by Crippen LogP contribution is 2.44. The smallest absolute Gasteiger partial charge is 0.156 e. The minimum Gasteiger partial charge on any atom is -0.362 e. The first-order chi connectivity index (χ1) is 8.81. The molecule has 0 amide bonds. The molecule has 1 saturated heterocycles. The van der Waals surface area contributed by atoms with Gasteiger partial charge in [-0.1, -0.05) is 37.9 Å². The molecule has 2 unspecified atom stereocenters. The molecule has 0 aromatic rings. The van der Waals surface area contributed by atoms with Crippen LogP contribution in [0.4, 0.5) is 0 Å². The van der Waals surface area contributed by atoms with E-state index in [0.717, 1.165) is 18.5 Å². The number of hydrogen-bond donors (Lipinski definition) is 1. The third-order valence-electron chi connectivity index (χ3n) is 5.37. The Morgan fingerprint density at radius 1 is 1.28 bits per heavy atom. The van der Waals surface area contributed by atoms with Gasteiger partial charge in [0.25, 0.3) is 0 Å². The van der Waals surface area contributed by atoms with Crippen molar-refractivity contribution in [1.82, 2.24) is 5.32 Å². The molecular weight excluding hydrogens is 240 g/mol. The maximum absolute atomic E-state index is 4.91. The third-order valence-corrected chi connectivity index (χ3v) is 6.49. The molecule has 1 aliphatic heterocycles. The Labute approximate surface area is 115 Å². The van der Waals surface area contributed by atoms with Crippen molar-refractivity contribution in [2.45, 2.75) is 64.3 Å². The van der Waals surface area contributed by atoms with Gasteiger partial charge in [0, 0.05) is 18.3 Å². The first kappa shape index (κ1) is 12.8. The summed E-state index contributed by atoms with van der Waals surface area (Å²) in [5.74, 6) is 2.21. The van der Waals surface area contributed by atoms with Gasteiger partial charge in [0.2, 0.25) is 0 Å². The van der Waals surface area contributed by atoms with Crippen LogP contribution in [0.3, 0.4) is 0 Å². The molecule has 1 heterocycles. The van der Waals surface area contributed by atoms with Crippen molar-refractivity contribution < 1.29 is 0 Å². The highest BCUT2D eigenvalue weighted by Gasteiger charge is 2.35. The van der Waals surface area contributed by atoms with Crippen molar-refractivity contribution >= 4 is 16.9 Å². The van der Waals surface area contributed by atoms with Crippen LogP contribution in [0.25, 0.3) is 0 Å². The van der Waals surface area contributed by atoms with Crippen LogP contribution in [0, 0.1) is 11.3 Å². The van der Waals surface area contributed by atoms with Crippen LogP contribution in [-0.4, -0.2) is 23.5 Å². The average molecular weight is 266 g/mol. The van der Waals surface area contributed by atoms with Crippen molar-refractivity contribution in [2.24, 2.45) is 16.3 Å². The zero-order valence-electron chi connectivity index (χ0n) is 11.6. The summed E-state index contributed by atoms with van der Waals surface area (Å²) in [7, 11) is 0. The lowest BCUT2D eigenvalue weighted by Gasteiger charge is -2.41. The van der Waals surface area contributed by atoms with Gasteiger partial charge >= 0.3 is 0 Å². The molecule has 3 heteroatoms. The van der Waals surface area contributed by atoms with Crippen molar-refractivity contribution in [1.29, 1.82) is 0 Å². The quantitative estimate of drug-likeness (QED) is 0.840. The number of aliphatic imine (C=N–C) groups is 1. The third kappa shape index (κ3) is 2.56. The number of thioether (sulfide) groups is 1. The summed E-state index contributed by atoms with van der Waals surface area (Å²) in [4.78, 5) is 4.91. The zero-order chi connectivity index (χ0) is 12.4. The molecule has 3 aliphatic rings. The largest absolute Gasteiger partial charge is 0.362 e. The Morgan fingerprint density at radius 3 is 2.83 bits per heavy atom. The molecule has 0 radical (unpaired) electrons. The predicted molar refractivity (Wildman–Crippen MR) is 80.2 cm³/mol. The number of rotatable bonds is 3. The van der Waals surface area contributed by atoms with E-state index in [9.17, 15) is 0 Å². The van der Waals surface area contributed by atoms with E-state index in [-0.39, 0.29) is 0 Å². The van der Waals surface area contributed by atoms with Gasteiger partial charge < -0.3 is 5.32 Å². The summed E-state index contributed by atoms with van der Waals surface area (Å²) in [6.45, 7) is 3.40. The van der Waals surface area contributed by atoms with Gasteiger partial charge in [-0.2, -0.15) is 0 Å². The second kappa shape index (κ2) is 5.44. The SMILES string of the molecule is CCC1(CN=C2NC3CCCCC3CS2)CCC1. The summed E-state index contributed by atoms with van der Waals surface area (Å²) in [6, 6.07) is 0.734. The van der Waals surface area contributed by atoms with E-state index in [1.165, 1.54) is 62.3 Å². The van der Waals surface area contributed by atoms with E-state index < -0.39 is 0 Å². The van der Waals surface area contributed by atoms with Crippen LogP contribution in [0.15, 0.2) is 4.99 Å². The van der Waals surface area contributed by atoms with Crippen LogP contribution < -0.4 is 5.32 Å². The Hall–Kier alpha value is -0.180. The van der Waals surface area contributed by atoms with Gasteiger partial charge in [-0.3, -0.25) is 4.99 Å². The highest BCUT2D eigenvalue weighted by molar-refractivity contribution is 8.13. The van der Waals surface area contributed by atoms with Crippen LogP contribution in [0.1, 0.15) is 58.3 Å². The molecule has 2 saturated carbocycles. The molecule has 2 atom stereocenters. The molecule has 102 valence electrons. The average Bonchev–Trinajstić information content (AvgIpc) is 2.38. The standard InChI is InChI=1S/C15H26N2S/c1-2-15(8-5-9-15)11-16-14-17-13-7-4-3-6-12(13)10-18-14/h12-13H,2-11H2,1H3,(H,16,17). The molecule has 2 aliphatic carbocycles. The lowest BCUT2D eigenvalue weighted by molar-refractivity contribution is 0.139. The molecule has 3 fully saturated rings. The summed E-state index contributed by atoms with van der Waals surface area (Å²) in [5, 5.41) is 4.96. The second-order valence-corrected chi connectivity index (χ2v) is 7.44. The number of hydrogen-bond acceptors (Lipinski definition) is 2. The lowest BCUT2D eigenvalue weighted by atomic mass is 9.67. The van der Waals surface area contributed by atoms with Crippen molar-refractivity contribution in [3.8, 4) is 0 Å². The fourth-order valence-electron chi connectivity index (χ4n) is 3.61. The van der Waals surface area contributed by atoms with E-state index in [4.69, 9.17) is 4.99 Å². The van der Waals surface area contributed by atoms with Gasteiger partial charge in [0.1, 0.15) is 0 Å². The van der Waals surface area contributed by atoms with E-state index >= 15 is 0 Å². The Balaban J connectivity index is 1.56. The van der Waals surface area contributed by atoms with Crippen molar-refractivity contribution in [2.75, 3.05) is 12.3 Å². The summed E-state index contributed by atoms with van der Waals surface area (Å²) in [5.41, 5.74) is 0.568. The molecule has 18 heavy (non-hydrogen) atoms. The van der Waals surface area contributed by atoms with E-state index in [1.807, 2.05) is 11.8 Å². The first-order valence-corrected chi connectivity index (χ1v) is 8.74. The monoisotopic (exact) mass is 266 g/mol. The second-order valence-electron chi connectivity index (χ2n) is 6.43. The number of nitrogens with zero attached hydrogens (tertiary/aromatic N) is 1. The lowest BCUT2D eigenvalue weighted by Crippen LogP contribution is -2.46. The summed E-state index contributed by atoms with van der Waals surface area (Å²) >= 11 is 1.97. The van der Waals surface area contributed by atoms with E-state index in [1.54, 1.807) is 0 Å². The normalized spacial score (nSPS) is 36.6. The van der Waals surface area contributed by atoms with Gasteiger partial charge in [-0.05, 0) is 43.4 Å². The van der Waals surface area contributed by atoms with E-state index in [2.05, 4.69) is 12.2 Å². The van der Waals surface area contributed by atoms with Gasteiger partial charge in [-0.25, -0.2) is 0 Å². The zero-order valence-corrected chi connectivity index (χ0v) is 12.4. The topological polar surface area (TPSA) is 24.4 Å². The minimum absolute atomic E-state index is 0.568. The predicted octanol–water partition coefficient (Wildman–Crippen LogP) is 3.82. The minimum atomic E-state index is 0.568. The van der Waals surface area contributed by atoms with Crippen LogP contribution in [-0.2, 0) is 0 Å². The highest BCUT2D eigenvalue weighted by atomic mass is 32.2. The van der Waals surface area contributed by atoms with Gasteiger partial charge in [0.15, 0.2) is 5.17 Å². The fourth-order valence-corrected chi connectivity index (χ4v) is 4.78. The summed E-state index contributed by atoms with van der Waals surface area (Å²) < 4.78 is 0. The Morgan fingerprint density at radius 2 is 2.11 bits per heavy atom. The Bertz CT molecular complexity index is 317. The maximum atomic E-state index is 4.91. The molecule has 0 aromatic carbocycles. The van der Waals surface area contributed by atoms with Crippen LogP contribution in [0.2, 0.25) is 0 Å². The van der Waals surface area contributed by atoms with E-state index in [0.29, 0.717) is 5.41 Å².